The molecule has 0 aromatic heterocycles. The van der Waals surface area contributed by atoms with Gasteiger partial charge in [-0.25, -0.2) is 8.42 Å². The number of nitrogens with zero attached hydrogens (tertiary/aromatic N) is 2. The molecule has 0 fully saturated rings. The first-order valence-corrected chi connectivity index (χ1v) is 14.6. The average molecular weight is 591 g/mol. The summed E-state index contributed by atoms with van der Waals surface area (Å²) in [6, 6.07) is 18.7. The van der Waals surface area contributed by atoms with E-state index < -0.39 is 34.1 Å². The van der Waals surface area contributed by atoms with Crippen LogP contribution < -0.4 is 9.62 Å². The fourth-order valence-corrected chi connectivity index (χ4v) is 5.58. The first-order chi connectivity index (χ1) is 18.2. The molecule has 0 aliphatic rings. The largest absolute Gasteiger partial charge is 0.350 e. The molecule has 0 aliphatic heterocycles. The molecule has 2 amide bonds. The summed E-state index contributed by atoms with van der Waals surface area (Å²) in [5, 5.41) is 3.72. The maximum Gasteiger partial charge on any atom is 0.264 e. The fraction of sp³-hybridized carbons (Fsp3) is 0.310. The molecule has 10 heteroatoms. The Morgan fingerprint density at radius 3 is 2.08 bits per heavy atom. The van der Waals surface area contributed by atoms with E-state index in [1.54, 1.807) is 55.5 Å². The van der Waals surface area contributed by atoms with Crippen LogP contribution in [0.4, 0.5) is 5.69 Å². The summed E-state index contributed by atoms with van der Waals surface area (Å²) in [6.45, 7) is 8.50. The quantitative estimate of drug-likeness (QED) is 0.340. The minimum Gasteiger partial charge on any atom is -0.350 e. The van der Waals surface area contributed by atoms with Crippen LogP contribution in [0.2, 0.25) is 10.0 Å². The number of nitrogens with one attached hydrogen (secondary N) is 1. The van der Waals surface area contributed by atoms with Crippen molar-refractivity contribution in [2.45, 2.75) is 57.6 Å². The Morgan fingerprint density at radius 1 is 0.923 bits per heavy atom. The smallest absolute Gasteiger partial charge is 0.264 e. The maximum atomic E-state index is 13.9. The van der Waals surface area contributed by atoms with E-state index in [1.807, 2.05) is 27.7 Å². The average Bonchev–Trinajstić information content (AvgIpc) is 2.86. The van der Waals surface area contributed by atoms with Crippen molar-refractivity contribution in [2.75, 3.05) is 10.8 Å². The molecular formula is C29H33Cl2N3O4S. The van der Waals surface area contributed by atoms with Crippen LogP contribution in [0.3, 0.4) is 0 Å². The number of rotatable bonds is 9. The summed E-state index contributed by atoms with van der Waals surface area (Å²) in [4.78, 5) is 28.4. The van der Waals surface area contributed by atoms with Crippen molar-refractivity contribution in [1.29, 1.82) is 0 Å². The highest BCUT2D eigenvalue weighted by atomic mass is 35.5. The molecule has 3 aromatic rings. The van der Waals surface area contributed by atoms with Gasteiger partial charge in [-0.1, -0.05) is 59.1 Å². The summed E-state index contributed by atoms with van der Waals surface area (Å²) < 4.78 is 28.7. The third kappa shape index (κ3) is 7.97. The van der Waals surface area contributed by atoms with Gasteiger partial charge in [0.25, 0.3) is 10.0 Å². The third-order valence-electron chi connectivity index (χ3n) is 5.97. The van der Waals surface area contributed by atoms with Gasteiger partial charge < -0.3 is 10.2 Å². The van der Waals surface area contributed by atoms with Gasteiger partial charge in [0.15, 0.2) is 0 Å². The molecule has 3 rings (SSSR count). The van der Waals surface area contributed by atoms with Crippen LogP contribution >= 0.6 is 23.2 Å². The van der Waals surface area contributed by atoms with Gasteiger partial charge in [0.1, 0.15) is 12.6 Å². The minimum atomic E-state index is -4.17. The zero-order valence-corrected chi connectivity index (χ0v) is 24.9. The Hall–Kier alpha value is -3.07. The summed E-state index contributed by atoms with van der Waals surface area (Å²) in [5.74, 6) is -0.935. The second-order valence-electron chi connectivity index (χ2n) is 10.3. The zero-order valence-electron chi connectivity index (χ0n) is 22.6. The molecule has 0 unspecified atom stereocenters. The van der Waals surface area contributed by atoms with Crippen molar-refractivity contribution in [3.8, 4) is 0 Å². The van der Waals surface area contributed by atoms with Gasteiger partial charge in [-0.15, -0.1) is 0 Å². The molecule has 39 heavy (non-hydrogen) atoms. The second-order valence-corrected chi connectivity index (χ2v) is 13.0. The van der Waals surface area contributed by atoms with Crippen LogP contribution in [0.15, 0.2) is 77.7 Å². The highest BCUT2D eigenvalue weighted by Crippen LogP contribution is 2.26. The molecule has 7 nitrogen and oxygen atoms in total. The molecule has 0 spiro atoms. The Balaban J connectivity index is 2.04. The first kappa shape index (κ1) is 30.5. The third-order valence-corrected chi connectivity index (χ3v) is 8.38. The van der Waals surface area contributed by atoms with Crippen molar-refractivity contribution >= 4 is 50.7 Å². The van der Waals surface area contributed by atoms with E-state index >= 15 is 0 Å². The summed E-state index contributed by atoms with van der Waals surface area (Å²) in [6.07, 6.45) is 0. The second kappa shape index (κ2) is 12.4. The predicted octanol–water partition coefficient (Wildman–Crippen LogP) is 5.83. The maximum absolute atomic E-state index is 13.9. The fourth-order valence-electron chi connectivity index (χ4n) is 3.84. The Labute approximate surface area is 240 Å². The molecule has 0 bridgehead atoms. The van der Waals surface area contributed by atoms with Crippen molar-refractivity contribution in [2.24, 2.45) is 0 Å². The number of sulfonamides is 1. The topological polar surface area (TPSA) is 86.8 Å². The van der Waals surface area contributed by atoms with Crippen LogP contribution in [0.5, 0.6) is 0 Å². The Morgan fingerprint density at radius 2 is 1.51 bits per heavy atom. The molecule has 3 aromatic carbocycles. The van der Waals surface area contributed by atoms with E-state index in [2.05, 4.69) is 5.32 Å². The first-order valence-electron chi connectivity index (χ1n) is 12.4. The highest BCUT2D eigenvalue weighted by Gasteiger charge is 2.33. The predicted molar refractivity (Wildman–Crippen MR) is 157 cm³/mol. The molecule has 0 heterocycles. The van der Waals surface area contributed by atoms with Gasteiger partial charge in [-0.05, 0) is 82.6 Å². The lowest BCUT2D eigenvalue weighted by atomic mass is 10.1. The number of amides is 2. The van der Waals surface area contributed by atoms with Crippen LogP contribution in [-0.2, 0) is 26.2 Å². The van der Waals surface area contributed by atoms with E-state index in [1.165, 1.54) is 29.2 Å². The molecule has 1 N–H and O–H groups in total. The zero-order chi connectivity index (χ0) is 29.0. The van der Waals surface area contributed by atoms with E-state index in [4.69, 9.17) is 23.2 Å². The Bertz CT molecular complexity index is 1420. The number of anilines is 1. The van der Waals surface area contributed by atoms with Crippen LogP contribution in [0.1, 0.15) is 38.8 Å². The van der Waals surface area contributed by atoms with Crippen LogP contribution in [0, 0.1) is 6.92 Å². The van der Waals surface area contributed by atoms with Crippen molar-refractivity contribution in [3.63, 3.8) is 0 Å². The van der Waals surface area contributed by atoms with Gasteiger partial charge in [0.2, 0.25) is 11.8 Å². The molecule has 0 radical (unpaired) electrons. The van der Waals surface area contributed by atoms with Crippen molar-refractivity contribution in [1.82, 2.24) is 10.2 Å². The Kier molecular flexibility index (Phi) is 9.69. The lowest BCUT2D eigenvalue weighted by Gasteiger charge is -2.33. The molecule has 0 saturated heterocycles. The number of hydrogen-bond donors (Lipinski definition) is 1. The minimum absolute atomic E-state index is 0.0139. The van der Waals surface area contributed by atoms with Gasteiger partial charge >= 0.3 is 0 Å². The number of benzene rings is 3. The molecular weight excluding hydrogens is 557 g/mol. The summed E-state index contributed by atoms with van der Waals surface area (Å²) in [7, 11) is -4.17. The van der Waals surface area contributed by atoms with Gasteiger partial charge in [-0.2, -0.15) is 0 Å². The normalized spacial score (nSPS) is 12.5. The molecule has 1 atom stereocenters. The van der Waals surface area contributed by atoms with Crippen LogP contribution in [0.25, 0.3) is 0 Å². The number of halogens is 2. The number of aryl methyl sites for hydroxylation is 1. The van der Waals surface area contributed by atoms with Gasteiger partial charge in [0.05, 0.1) is 10.6 Å². The van der Waals surface area contributed by atoms with E-state index in [-0.39, 0.29) is 17.3 Å². The number of hydrogen-bond acceptors (Lipinski definition) is 4. The monoisotopic (exact) mass is 589 g/mol. The van der Waals surface area contributed by atoms with E-state index in [0.717, 1.165) is 9.87 Å². The van der Waals surface area contributed by atoms with Crippen molar-refractivity contribution in [3.05, 3.63) is 94.0 Å². The SMILES string of the molecule is Cc1ccc(N(CC(=O)N(Cc2ccccc2Cl)[C@@H](C)C(=O)NC(C)(C)C)S(=O)(=O)c2ccc(Cl)cc2)cc1. The number of carbonyl (C=O) groups excluding carboxylic acids is 2. The molecule has 208 valence electrons. The lowest BCUT2D eigenvalue weighted by molar-refractivity contribution is -0.140. The van der Waals surface area contributed by atoms with Crippen molar-refractivity contribution < 1.29 is 18.0 Å². The standard InChI is InChI=1S/C29H33Cl2N3O4S/c1-20-10-14-24(15-11-20)34(39(37,38)25-16-12-23(30)13-17-25)19-27(35)33(18-22-8-6-7-9-26(22)31)21(2)28(36)32-29(3,4)5/h6-17,21H,18-19H2,1-5H3,(H,32,36)/t21-/m0/s1. The number of carbonyl (C=O) groups is 2. The lowest BCUT2D eigenvalue weighted by Crippen LogP contribution is -2.54. The van der Waals surface area contributed by atoms with E-state index in [0.29, 0.717) is 21.3 Å². The van der Waals surface area contributed by atoms with Crippen LogP contribution in [-0.4, -0.2) is 43.3 Å². The molecule has 0 saturated carbocycles. The highest BCUT2D eigenvalue weighted by molar-refractivity contribution is 7.92. The van der Waals surface area contributed by atoms with E-state index in [9.17, 15) is 18.0 Å². The summed E-state index contributed by atoms with van der Waals surface area (Å²) in [5.41, 5.74) is 1.34. The van der Waals surface area contributed by atoms with Gasteiger partial charge in [-0.3, -0.25) is 13.9 Å². The summed E-state index contributed by atoms with van der Waals surface area (Å²) >= 11 is 12.4. The van der Waals surface area contributed by atoms with Gasteiger partial charge in [0, 0.05) is 22.1 Å². The molecule has 0 aliphatic carbocycles.